The van der Waals surface area contributed by atoms with Crippen LogP contribution in [0.25, 0.3) is 0 Å². The van der Waals surface area contributed by atoms with Gasteiger partial charge in [0.2, 0.25) is 0 Å². The van der Waals surface area contributed by atoms with Gasteiger partial charge in [0.15, 0.2) is 12.6 Å². The molecule has 0 spiro atoms. The van der Waals surface area contributed by atoms with Gasteiger partial charge in [-0.1, -0.05) is 40.5 Å². The molecule has 200 valence electrons. The fourth-order valence-electron chi connectivity index (χ4n) is 5.15. The highest BCUT2D eigenvalue weighted by Crippen LogP contribution is 2.24. The van der Waals surface area contributed by atoms with Crippen LogP contribution in [-0.2, 0) is 14.2 Å². The van der Waals surface area contributed by atoms with Crippen molar-refractivity contribution < 1.29 is 24.4 Å². The van der Waals surface area contributed by atoms with E-state index in [9.17, 15) is 10.2 Å². The largest absolute Gasteiger partial charge is 0.393 e. The van der Waals surface area contributed by atoms with Gasteiger partial charge in [0.25, 0.3) is 0 Å². The van der Waals surface area contributed by atoms with Crippen molar-refractivity contribution in [2.24, 2.45) is 23.7 Å². The van der Waals surface area contributed by atoms with Crippen LogP contribution >= 0.6 is 0 Å². The quantitative estimate of drug-likeness (QED) is 0.166. The van der Waals surface area contributed by atoms with Crippen LogP contribution in [0.5, 0.6) is 0 Å². The Morgan fingerprint density at radius 1 is 0.515 bits per heavy atom. The normalized spacial score (nSPS) is 19.5. The molecule has 8 unspecified atom stereocenters. The maximum atomic E-state index is 9.58. The van der Waals surface area contributed by atoms with E-state index in [-0.39, 0.29) is 24.8 Å². The van der Waals surface area contributed by atoms with E-state index in [4.69, 9.17) is 14.2 Å². The summed E-state index contributed by atoms with van der Waals surface area (Å²) in [5.74, 6) is 2.39. The van der Waals surface area contributed by atoms with Crippen LogP contribution in [0.15, 0.2) is 0 Å². The monoisotopic (exact) mass is 474 g/mol. The molecule has 0 fully saturated rings. The highest BCUT2D eigenvalue weighted by molar-refractivity contribution is 4.65. The molecule has 0 aliphatic rings. The van der Waals surface area contributed by atoms with Crippen LogP contribution < -0.4 is 0 Å². The number of aliphatic hydroxyl groups is 2. The van der Waals surface area contributed by atoms with Crippen molar-refractivity contribution >= 4 is 0 Å². The Labute approximate surface area is 206 Å². The molecule has 0 amide bonds. The average Bonchev–Trinajstić information content (AvgIpc) is 2.66. The van der Waals surface area contributed by atoms with Gasteiger partial charge >= 0.3 is 0 Å². The number of aliphatic hydroxyl groups excluding tert-OH is 2. The van der Waals surface area contributed by atoms with E-state index >= 15 is 0 Å². The van der Waals surface area contributed by atoms with E-state index in [1.807, 2.05) is 27.7 Å². The summed E-state index contributed by atoms with van der Waals surface area (Å²) in [4.78, 5) is 0. The molecular weight excluding hydrogens is 416 g/mol. The third-order valence-electron chi connectivity index (χ3n) is 6.38. The molecule has 0 aliphatic carbocycles. The third kappa shape index (κ3) is 19.8. The molecule has 0 saturated heterocycles. The fourth-order valence-corrected chi connectivity index (χ4v) is 5.15. The lowest BCUT2D eigenvalue weighted by Gasteiger charge is -2.26. The molecule has 0 saturated carbocycles. The van der Waals surface area contributed by atoms with Crippen LogP contribution in [0, 0.1) is 23.7 Å². The molecule has 5 nitrogen and oxygen atoms in total. The second-order valence-corrected chi connectivity index (χ2v) is 10.8. The van der Waals surface area contributed by atoms with Crippen LogP contribution in [0.2, 0.25) is 0 Å². The molecule has 5 heteroatoms. The fraction of sp³-hybridized carbons (Fsp3) is 1.00. The van der Waals surface area contributed by atoms with Crippen molar-refractivity contribution in [3.05, 3.63) is 0 Å². The molecule has 0 aromatic heterocycles. The molecule has 0 bridgehead atoms. The van der Waals surface area contributed by atoms with Crippen molar-refractivity contribution in [2.75, 3.05) is 13.2 Å². The Hall–Kier alpha value is -0.200. The van der Waals surface area contributed by atoms with E-state index in [1.165, 1.54) is 0 Å². The second-order valence-electron chi connectivity index (χ2n) is 10.8. The Morgan fingerprint density at radius 2 is 0.879 bits per heavy atom. The van der Waals surface area contributed by atoms with Gasteiger partial charge < -0.3 is 24.4 Å². The summed E-state index contributed by atoms with van der Waals surface area (Å²) >= 11 is 0. The van der Waals surface area contributed by atoms with Gasteiger partial charge in [0.1, 0.15) is 0 Å². The molecule has 2 N–H and O–H groups in total. The first-order chi connectivity index (χ1) is 15.6. The predicted octanol–water partition coefficient (Wildman–Crippen LogP) is 6.94. The van der Waals surface area contributed by atoms with E-state index in [0.717, 1.165) is 64.2 Å². The molecule has 0 aromatic rings. The summed E-state index contributed by atoms with van der Waals surface area (Å²) in [6.45, 7) is 18.1. The van der Waals surface area contributed by atoms with Gasteiger partial charge in [-0.15, -0.1) is 0 Å². The average molecular weight is 475 g/mol. The van der Waals surface area contributed by atoms with Crippen LogP contribution in [0.1, 0.15) is 120 Å². The summed E-state index contributed by atoms with van der Waals surface area (Å²) < 4.78 is 18.0. The van der Waals surface area contributed by atoms with Crippen molar-refractivity contribution in [1.29, 1.82) is 0 Å². The Bertz CT molecular complexity index is 391. The van der Waals surface area contributed by atoms with Gasteiger partial charge in [-0.2, -0.15) is 0 Å². The van der Waals surface area contributed by atoms with Crippen LogP contribution in [0.3, 0.4) is 0 Å². The standard InChI is InChI=1S/C28H58O5/c1-9-31-27(15-11-13-21(3)17-23(5)19-25(7)29)33-28(32-10-2)16-12-14-22(4)18-24(6)20-26(8)30/h21-30H,9-20H2,1-8H3. The molecule has 0 radical (unpaired) electrons. The van der Waals surface area contributed by atoms with Crippen molar-refractivity contribution in [3.63, 3.8) is 0 Å². The molecule has 8 atom stereocenters. The summed E-state index contributed by atoms with van der Waals surface area (Å²) in [6.07, 6.45) is 9.44. The topological polar surface area (TPSA) is 68.2 Å². The molecule has 0 rings (SSSR count). The zero-order valence-corrected chi connectivity index (χ0v) is 23.2. The van der Waals surface area contributed by atoms with Crippen molar-refractivity contribution in [1.82, 2.24) is 0 Å². The SMILES string of the molecule is CCOC(CCCC(C)CC(C)CC(C)O)OC(CCCC(C)CC(C)CC(C)O)OCC. The lowest BCUT2D eigenvalue weighted by molar-refractivity contribution is -0.247. The highest BCUT2D eigenvalue weighted by Gasteiger charge is 2.19. The zero-order valence-electron chi connectivity index (χ0n) is 23.2. The lowest BCUT2D eigenvalue weighted by Crippen LogP contribution is -2.27. The van der Waals surface area contributed by atoms with Gasteiger partial charge in [0.05, 0.1) is 12.2 Å². The highest BCUT2D eigenvalue weighted by atomic mass is 16.8. The molecule has 0 aromatic carbocycles. The third-order valence-corrected chi connectivity index (χ3v) is 6.38. The first-order valence-corrected chi connectivity index (χ1v) is 13.8. The molecule has 0 aliphatic heterocycles. The summed E-state index contributed by atoms with van der Waals surface area (Å²) in [5, 5.41) is 19.2. The van der Waals surface area contributed by atoms with Gasteiger partial charge in [-0.3, -0.25) is 0 Å². The van der Waals surface area contributed by atoms with E-state index in [1.54, 1.807) is 0 Å². The summed E-state index contributed by atoms with van der Waals surface area (Å²) in [5.41, 5.74) is 0. The second kappa shape index (κ2) is 20.0. The molecule has 33 heavy (non-hydrogen) atoms. The number of rotatable bonds is 22. The Kier molecular flexibility index (Phi) is 19.9. The van der Waals surface area contributed by atoms with Gasteiger partial charge in [-0.25, -0.2) is 0 Å². The number of hydrogen-bond donors (Lipinski definition) is 2. The minimum Gasteiger partial charge on any atom is -0.393 e. The van der Waals surface area contributed by atoms with Crippen LogP contribution in [0.4, 0.5) is 0 Å². The molecular formula is C28H58O5. The van der Waals surface area contributed by atoms with Gasteiger partial charge in [-0.05, 0) is 103 Å². The Morgan fingerprint density at radius 3 is 1.18 bits per heavy atom. The minimum absolute atomic E-state index is 0.211. The van der Waals surface area contributed by atoms with E-state index < -0.39 is 0 Å². The number of hydrogen-bond acceptors (Lipinski definition) is 5. The zero-order chi connectivity index (χ0) is 25.2. The summed E-state index contributed by atoms with van der Waals surface area (Å²) in [7, 11) is 0. The molecule has 0 heterocycles. The van der Waals surface area contributed by atoms with Crippen molar-refractivity contribution in [2.45, 2.75) is 144 Å². The Balaban J connectivity index is 4.39. The van der Waals surface area contributed by atoms with E-state index in [2.05, 4.69) is 27.7 Å². The first kappa shape index (κ1) is 32.8. The van der Waals surface area contributed by atoms with Crippen molar-refractivity contribution in [3.8, 4) is 0 Å². The van der Waals surface area contributed by atoms with E-state index in [0.29, 0.717) is 36.9 Å². The number of ether oxygens (including phenoxy) is 3. The maximum absolute atomic E-state index is 9.58. The predicted molar refractivity (Wildman–Crippen MR) is 138 cm³/mol. The smallest absolute Gasteiger partial charge is 0.160 e. The first-order valence-electron chi connectivity index (χ1n) is 13.8. The minimum atomic E-state index is -0.214. The maximum Gasteiger partial charge on any atom is 0.160 e. The van der Waals surface area contributed by atoms with Crippen LogP contribution in [-0.4, -0.2) is 48.2 Å². The lowest BCUT2D eigenvalue weighted by atomic mass is 9.90. The van der Waals surface area contributed by atoms with Gasteiger partial charge in [0, 0.05) is 13.2 Å². The summed E-state index contributed by atoms with van der Waals surface area (Å²) in [6, 6.07) is 0.